The SMILES string of the molecule is O=C(O)C1(COc2ccc(F)cc2F)CCCCC1. The van der Waals surface area contributed by atoms with Gasteiger partial charge < -0.3 is 9.84 Å². The van der Waals surface area contributed by atoms with E-state index in [2.05, 4.69) is 0 Å². The maximum atomic E-state index is 13.4. The summed E-state index contributed by atoms with van der Waals surface area (Å²) in [5.41, 5.74) is -0.945. The molecule has 0 bridgehead atoms. The first-order chi connectivity index (χ1) is 9.03. The topological polar surface area (TPSA) is 46.5 Å². The average molecular weight is 270 g/mol. The Morgan fingerprint density at radius 1 is 1.26 bits per heavy atom. The zero-order chi connectivity index (χ0) is 13.9. The van der Waals surface area contributed by atoms with E-state index in [0.717, 1.165) is 31.4 Å². The fourth-order valence-corrected chi connectivity index (χ4v) is 2.46. The number of hydrogen-bond donors (Lipinski definition) is 1. The summed E-state index contributed by atoms with van der Waals surface area (Å²) in [4.78, 5) is 11.4. The Hall–Kier alpha value is -1.65. The Kier molecular flexibility index (Phi) is 4.02. The van der Waals surface area contributed by atoms with E-state index >= 15 is 0 Å². The molecule has 2 rings (SSSR count). The smallest absolute Gasteiger partial charge is 0.313 e. The number of rotatable bonds is 4. The number of hydrogen-bond acceptors (Lipinski definition) is 2. The van der Waals surface area contributed by atoms with E-state index in [9.17, 15) is 18.7 Å². The van der Waals surface area contributed by atoms with Gasteiger partial charge >= 0.3 is 5.97 Å². The van der Waals surface area contributed by atoms with E-state index in [-0.39, 0.29) is 12.4 Å². The molecule has 1 aromatic carbocycles. The summed E-state index contributed by atoms with van der Waals surface area (Å²) in [6.07, 6.45) is 3.75. The number of carboxylic acid groups (broad SMARTS) is 1. The largest absolute Gasteiger partial charge is 0.489 e. The summed E-state index contributed by atoms with van der Waals surface area (Å²) in [5, 5.41) is 9.35. The number of carboxylic acids is 1. The molecule has 3 nitrogen and oxygen atoms in total. The number of ether oxygens (including phenoxy) is 1. The van der Waals surface area contributed by atoms with Crippen LogP contribution in [0.2, 0.25) is 0 Å². The Balaban J connectivity index is 2.08. The lowest BCUT2D eigenvalue weighted by molar-refractivity contribution is -0.153. The Morgan fingerprint density at radius 2 is 1.95 bits per heavy atom. The summed E-state index contributed by atoms with van der Waals surface area (Å²) in [6, 6.07) is 3.00. The van der Waals surface area contributed by atoms with Crippen molar-refractivity contribution in [3.05, 3.63) is 29.8 Å². The summed E-state index contributed by atoms with van der Waals surface area (Å²) >= 11 is 0. The third-order valence-corrected chi connectivity index (χ3v) is 3.66. The van der Waals surface area contributed by atoms with Gasteiger partial charge in [-0.25, -0.2) is 8.78 Å². The van der Waals surface area contributed by atoms with Crippen molar-refractivity contribution in [2.24, 2.45) is 5.41 Å². The van der Waals surface area contributed by atoms with Crippen molar-refractivity contribution >= 4 is 5.97 Å². The standard InChI is InChI=1S/C14H16F2O3/c15-10-4-5-12(11(16)8-10)19-9-14(13(17)18)6-2-1-3-7-14/h4-5,8H,1-3,6-7,9H2,(H,17,18). The zero-order valence-corrected chi connectivity index (χ0v) is 10.5. The van der Waals surface area contributed by atoms with Crippen LogP contribution in [0.15, 0.2) is 18.2 Å². The van der Waals surface area contributed by atoms with Crippen molar-refractivity contribution in [2.75, 3.05) is 6.61 Å². The minimum atomic E-state index is -0.945. The van der Waals surface area contributed by atoms with Gasteiger partial charge in [0.05, 0.1) is 0 Å². The first-order valence-corrected chi connectivity index (χ1v) is 6.35. The maximum absolute atomic E-state index is 13.4. The third-order valence-electron chi connectivity index (χ3n) is 3.66. The van der Waals surface area contributed by atoms with Crippen LogP contribution < -0.4 is 4.74 Å². The lowest BCUT2D eigenvalue weighted by Crippen LogP contribution is -2.39. The highest BCUT2D eigenvalue weighted by Crippen LogP contribution is 2.37. The fraction of sp³-hybridized carbons (Fsp3) is 0.500. The molecule has 1 aliphatic rings. The summed E-state index contributed by atoms with van der Waals surface area (Å²) in [5.74, 6) is -2.51. The lowest BCUT2D eigenvalue weighted by Gasteiger charge is -2.32. The van der Waals surface area contributed by atoms with Crippen LogP contribution in [0.5, 0.6) is 5.75 Å². The second kappa shape index (κ2) is 5.55. The van der Waals surface area contributed by atoms with Crippen molar-refractivity contribution in [3.63, 3.8) is 0 Å². The molecule has 0 saturated heterocycles. The summed E-state index contributed by atoms with van der Waals surface area (Å²) in [7, 11) is 0. The molecule has 1 saturated carbocycles. The van der Waals surface area contributed by atoms with Gasteiger partial charge in [-0.3, -0.25) is 4.79 Å². The molecule has 0 aromatic heterocycles. The molecular formula is C14H16F2O3. The molecule has 1 aromatic rings. The normalized spacial score (nSPS) is 18.0. The Labute approximate surface area is 110 Å². The van der Waals surface area contributed by atoms with Gasteiger partial charge in [0.1, 0.15) is 17.8 Å². The van der Waals surface area contributed by atoms with E-state index in [1.807, 2.05) is 0 Å². The molecule has 1 fully saturated rings. The molecule has 0 atom stereocenters. The minimum absolute atomic E-state index is 0.0785. The molecule has 19 heavy (non-hydrogen) atoms. The van der Waals surface area contributed by atoms with E-state index in [1.165, 1.54) is 6.07 Å². The van der Waals surface area contributed by atoms with Gasteiger partial charge in [0.25, 0.3) is 0 Å². The van der Waals surface area contributed by atoms with E-state index < -0.39 is 23.0 Å². The van der Waals surface area contributed by atoms with Crippen LogP contribution in [0.1, 0.15) is 32.1 Å². The summed E-state index contributed by atoms with van der Waals surface area (Å²) in [6.45, 7) is -0.0785. The predicted molar refractivity (Wildman–Crippen MR) is 65.0 cm³/mol. The molecular weight excluding hydrogens is 254 g/mol. The van der Waals surface area contributed by atoms with Crippen LogP contribution >= 0.6 is 0 Å². The lowest BCUT2D eigenvalue weighted by atomic mass is 9.75. The molecule has 0 heterocycles. The predicted octanol–water partition coefficient (Wildman–Crippen LogP) is 3.38. The molecule has 1 N–H and O–H groups in total. The van der Waals surface area contributed by atoms with Crippen molar-refractivity contribution in [1.29, 1.82) is 0 Å². The number of aliphatic carboxylic acids is 1. The molecule has 0 spiro atoms. The van der Waals surface area contributed by atoms with E-state index in [0.29, 0.717) is 12.8 Å². The van der Waals surface area contributed by atoms with Crippen molar-refractivity contribution in [1.82, 2.24) is 0 Å². The minimum Gasteiger partial charge on any atom is -0.489 e. The maximum Gasteiger partial charge on any atom is 0.313 e. The average Bonchev–Trinajstić information content (AvgIpc) is 2.38. The van der Waals surface area contributed by atoms with Crippen LogP contribution in [-0.2, 0) is 4.79 Å². The monoisotopic (exact) mass is 270 g/mol. The molecule has 104 valence electrons. The fourth-order valence-electron chi connectivity index (χ4n) is 2.46. The van der Waals surface area contributed by atoms with Crippen molar-refractivity contribution < 1.29 is 23.4 Å². The molecule has 1 aliphatic carbocycles. The van der Waals surface area contributed by atoms with Crippen LogP contribution in [0.4, 0.5) is 8.78 Å². The van der Waals surface area contributed by atoms with Crippen LogP contribution in [0, 0.1) is 17.0 Å². The van der Waals surface area contributed by atoms with E-state index in [4.69, 9.17) is 4.74 Å². The molecule has 0 aliphatic heterocycles. The van der Waals surface area contributed by atoms with Gasteiger partial charge in [0.15, 0.2) is 11.6 Å². The molecule has 0 amide bonds. The van der Waals surface area contributed by atoms with Crippen LogP contribution in [0.25, 0.3) is 0 Å². The van der Waals surface area contributed by atoms with Gasteiger partial charge in [-0.1, -0.05) is 19.3 Å². The van der Waals surface area contributed by atoms with Crippen molar-refractivity contribution in [3.8, 4) is 5.75 Å². The van der Waals surface area contributed by atoms with Crippen LogP contribution in [-0.4, -0.2) is 17.7 Å². The number of carbonyl (C=O) groups is 1. The quantitative estimate of drug-likeness (QED) is 0.912. The zero-order valence-electron chi connectivity index (χ0n) is 10.5. The van der Waals surface area contributed by atoms with Gasteiger partial charge in [-0.2, -0.15) is 0 Å². The number of benzene rings is 1. The third kappa shape index (κ3) is 3.03. The van der Waals surface area contributed by atoms with Gasteiger partial charge in [-0.15, -0.1) is 0 Å². The Morgan fingerprint density at radius 3 is 2.53 bits per heavy atom. The van der Waals surface area contributed by atoms with E-state index in [1.54, 1.807) is 0 Å². The van der Waals surface area contributed by atoms with Crippen LogP contribution in [0.3, 0.4) is 0 Å². The second-order valence-corrected chi connectivity index (χ2v) is 5.01. The first kappa shape index (κ1) is 13.8. The Bertz CT molecular complexity index is 468. The second-order valence-electron chi connectivity index (χ2n) is 5.01. The van der Waals surface area contributed by atoms with Gasteiger partial charge in [0.2, 0.25) is 0 Å². The highest BCUT2D eigenvalue weighted by Gasteiger charge is 2.40. The summed E-state index contributed by atoms with van der Waals surface area (Å²) < 4.78 is 31.4. The highest BCUT2D eigenvalue weighted by atomic mass is 19.1. The molecule has 0 unspecified atom stereocenters. The van der Waals surface area contributed by atoms with Gasteiger partial charge in [0, 0.05) is 6.07 Å². The molecule has 5 heteroatoms. The first-order valence-electron chi connectivity index (χ1n) is 6.35. The highest BCUT2D eigenvalue weighted by molar-refractivity contribution is 5.75. The molecule has 0 radical (unpaired) electrons. The van der Waals surface area contributed by atoms with Gasteiger partial charge in [-0.05, 0) is 25.0 Å². The number of halogens is 2. The van der Waals surface area contributed by atoms with Crippen molar-refractivity contribution in [2.45, 2.75) is 32.1 Å².